The second-order valence-electron chi connectivity index (χ2n) is 11.7. The quantitative estimate of drug-likeness (QED) is 0.223. The predicted octanol–water partition coefficient (Wildman–Crippen LogP) is 6.21. The van der Waals surface area contributed by atoms with Crippen LogP contribution in [0.25, 0.3) is 0 Å². The lowest BCUT2D eigenvalue weighted by atomic mass is 9.81. The minimum atomic E-state index is -0.874. The van der Waals surface area contributed by atoms with Gasteiger partial charge in [0.1, 0.15) is 0 Å². The maximum atomic E-state index is 11.5. The van der Waals surface area contributed by atoms with Crippen LogP contribution in [-0.2, 0) is 28.2 Å². The molecule has 2 heterocycles. The van der Waals surface area contributed by atoms with E-state index in [0.717, 1.165) is 46.5 Å². The number of hydrogen-bond donors (Lipinski definition) is 3. The highest BCUT2D eigenvalue weighted by molar-refractivity contribution is 6.30. The summed E-state index contributed by atoms with van der Waals surface area (Å²) >= 11 is 6.10. The summed E-state index contributed by atoms with van der Waals surface area (Å²) in [5.74, 6) is -0.0715. The fourth-order valence-corrected chi connectivity index (χ4v) is 6.51. The average Bonchev–Trinajstić information content (AvgIpc) is 3.06. The summed E-state index contributed by atoms with van der Waals surface area (Å²) in [5.41, 5.74) is 10.9. The van der Waals surface area contributed by atoms with E-state index in [1.807, 2.05) is 66.7 Å². The molecule has 224 valence electrons. The summed E-state index contributed by atoms with van der Waals surface area (Å²) in [4.78, 5) is 2.40. The number of likely N-dealkylation sites (tertiary alicyclic amines) is 1. The number of ether oxygens (including phenoxy) is 2. The van der Waals surface area contributed by atoms with E-state index >= 15 is 0 Å². The van der Waals surface area contributed by atoms with Crippen molar-refractivity contribution in [2.75, 3.05) is 19.6 Å². The van der Waals surface area contributed by atoms with Gasteiger partial charge in [-0.3, -0.25) is 0 Å². The van der Waals surface area contributed by atoms with Crippen molar-refractivity contribution in [3.05, 3.63) is 142 Å². The van der Waals surface area contributed by atoms with Crippen LogP contribution in [0.5, 0.6) is 0 Å². The number of rotatable bonds is 8. The van der Waals surface area contributed by atoms with E-state index in [0.29, 0.717) is 31.0 Å². The molecule has 0 saturated carbocycles. The molecule has 0 aliphatic carbocycles. The molecule has 2 aliphatic rings. The molecule has 4 atom stereocenters. The van der Waals surface area contributed by atoms with Crippen LogP contribution < -0.4 is 5.73 Å². The first-order valence-electron chi connectivity index (χ1n) is 15.0. The van der Waals surface area contributed by atoms with E-state index < -0.39 is 11.9 Å². The SMILES string of the molecule is NCc1ccc(C2OC(CN3CCC(O)(c4ccc(Cl)cc4)CC3)C(c3ccccc3)C(c3ccc(CO)cc3)O2)cc1. The van der Waals surface area contributed by atoms with Gasteiger partial charge >= 0.3 is 0 Å². The normalized spacial score (nSPS) is 24.1. The van der Waals surface area contributed by atoms with E-state index in [-0.39, 0.29) is 24.7 Å². The molecule has 0 amide bonds. The second kappa shape index (κ2) is 13.3. The number of aliphatic hydroxyl groups is 2. The monoisotopic (exact) mass is 598 g/mol. The van der Waals surface area contributed by atoms with Crippen molar-refractivity contribution in [2.24, 2.45) is 5.73 Å². The van der Waals surface area contributed by atoms with Gasteiger partial charge in [0.05, 0.1) is 24.4 Å². The topological polar surface area (TPSA) is 88.2 Å². The zero-order chi connectivity index (χ0) is 29.8. The van der Waals surface area contributed by atoms with E-state index in [9.17, 15) is 10.2 Å². The maximum absolute atomic E-state index is 11.5. The van der Waals surface area contributed by atoms with E-state index in [1.54, 1.807) is 0 Å². The van der Waals surface area contributed by atoms with Crippen molar-refractivity contribution in [2.45, 2.75) is 56.0 Å². The van der Waals surface area contributed by atoms with Crippen LogP contribution in [0.15, 0.2) is 103 Å². The Hall–Kier alpha value is -3.07. The number of halogens is 1. The Balaban J connectivity index is 1.30. The van der Waals surface area contributed by atoms with E-state index in [4.69, 9.17) is 26.8 Å². The molecule has 4 unspecified atom stereocenters. The number of aliphatic hydroxyl groups excluding tert-OH is 1. The Morgan fingerprint density at radius 1 is 0.767 bits per heavy atom. The maximum Gasteiger partial charge on any atom is 0.184 e. The van der Waals surface area contributed by atoms with Crippen LogP contribution in [0.3, 0.4) is 0 Å². The van der Waals surface area contributed by atoms with Gasteiger partial charge in [0.2, 0.25) is 0 Å². The standard InChI is InChI=1S/C36H39ClN2O4/c37-31-16-14-30(15-17-31)36(41)18-20-39(21-19-36)23-32-33(27-4-2-1-3-5-27)34(28-10-8-26(24-40)9-11-28)43-35(42-32)29-12-6-25(22-38)7-13-29/h1-17,32-35,40-41H,18-24,38H2. The highest BCUT2D eigenvalue weighted by Gasteiger charge is 2.43. The molecule has 6 rings (SSSR count). The molecule has 0 spiro atoms. The third-order valence-corrected chi connectivity index (χ3v) is 9.21. The van der Waals surface area contributed by atoms with Crippen molar-refractivity contribution in [3.8, 4) is 0 Å². The van der Waals surface area contributed by atoms with Gasteiger partial charge in [-0.15, -0.1) is 0 Å². The molecule has 0 aromatic heterocycles. The van der Waals surface area contributed by atoms with Gasteiger partial charge in [-0.2, -0.15) is 0 Å². The molecule has 2 fully saturated rings. The summed E-state index contributed by atoms with van der Waals surface area (Å²) in [6.07, 6.45) is 0.242. The first-order valence-corrected chi connectivity index (χ1v) is 15.4. The summed E-state index contributed by atoms with van der Waals surface area (Å²) in [7, 11) is 0. The fourth-order valence-electron chi connectivity index (χ4n) is 6.38. The van der Waals surface area contributed by atoms with Gasteiger partial charge in [0.15, 0.2) is 6.29 Å². The van der Waals surface area contributed by atoms with Gasteiger partial charge in [0, 0.05) is 42.7 Å². The van der Waals surface area contributed by atoms with Gasteiger partial charge < -0.3 is 30.3 Å². The number of nitrogens with two attached hydrogens (primary N) is 1. The molecule has 2 aliphatic heterocycles. The van der Waals surface area contributed by atoms with Gasteiger partial charge in [-0.1, -0.05) is 103 Å². The van der Waals surface area contributed by atoms with Crippen LogP contribution in [-0.4, -0.2) is 40.9 Å². The first-order chi connectivity index (χ1) is 21.0. The Morgan fingerprint density at radius 3 is 2.02 bits per heavy atom. The molecule has 4 N–H and O–H groups in total. The molecule has 4 aromatic rings. The lowest BCUT2D eigenvalue weighted by Crippen LogP contribution is -2.49. The summed E-state index contributed by atoms with van der Waals surface area (Å²) < 4.78 is 13.7. The zero-order valence-electron chi connectivity index (χ0n) is 24.2. The highest BCUT2D eigenvalue weighted by Crippen LogP contribution is 2.47. The molecule has 0 bridgehead atoms. The lowest BCUT2D eigenvalue weighted by Gasteiger charge is -2.46. The molecule has 7 heteroatoms. The van der Waals surface area contributed by atoms with Crippen LogP contribution >= 0.6 is 11.6 Å². The van der Waals surface area contributed by atoms with Crippen LogP contribution in [0, 0.1) is 0 Å². The van der Waals surface area contributed by atoms with Crippen molar-refractivity contribution >= 4 is 11.6 Å². The number of piperidine rings is 1. The van der Waals surface area contributed by atoms with Crippen molar-refractivity contribution in [1.82, 2.24) is 4.90 Å². The lowest BCUT2D eigenvalue weighted by molar-refractivity contribution is -0.264. The van der Waals surface area contributed by atoms with Crippen LogP contribution in [0.1, 0.15) is 64.5 Å². The Kier molecular flexibility index (Phi) is 9.26. The smallest absolute Gasteiger partial charge is 0.184 e. The molecule has 4 aromatic carbocycles. The van der Waals surface area contributed by atoms with Crippen LogP contribution in [0.2, 0.25) is 5.02 Å². The first kappa shape index (κ1) is 30.0. The summed E-state index contributed by atoms with van der Waals surface area (Å²) in [6.45, 7) is 2.65. The summed E-state index contributed by atoms with van der Waals surface area (Å²) in [5, 5.41) is 21.8. The largest absolute Gasteiger partial charge is 0.392 e. The third-order valence-electron chi connectivity index (χ3n) is 8.96. The number of hydrogen-bond acceptors (Lipinski definition) is 6. The highest BCUT2D eigenvalue weighted by atomic mass is 35.5. The van der Waals surface area contributed by atoms with Crippen molar-refractivity contribution in [3.63, 3.8) is 0 Å². The van der Waals surface area contributed by atoms with E-state index in [2.05, 4.69) is 41.3 Å². The number of benzene rings is 4. The molecular formula is C36H39ClN2O4. The average molecular weight is 599 g/mol. The molecule has 43 heavy (non-hydrogen) atoms. The predicted molar refractivity (Wildman–Crippen MR) is 168 cm³/mol. The van der Waals surface area contributed by atoms with Crippen molar-refractivity contribution in [1.29, 1.82) is 0 Å². The minimum Gasteiger partial charge on any atom is -0.392 e. The Bertz CT molecular complexity index is 1460. The van der Waals surface area contributed by atoms with Gasteiger partial charge in [-0.25, -0.2) is 0 Å². The van der Waals surface area contributed by atoms with Crippen LogP contribution in [0.4, 0.5) is 0 Å². The Morgan fingerprint density at radius 2 is 1.40 bits per heavy atom. The zero-order valence-corrected chi connectivity index (χ0v) is 24.9. The Labute approximate surface area is 258 Å². The molecule has 6 nitrogen and oxygen atoms in total. The second-order valence-corrected chi connectivity index (χ2v) is 12.1. The van der Waals surface area contributed by atoms with Gasteiger partial charge in [0.25, 0.3) is 0 Å². The summed E-state index contributed by atoms with van der Waals surface area (Å²) in [6, 6.07) is 34.1. The molecule has 2 saturated heterocycles. The van der Waals surface area contributed by atoms with Gasteiger partial charge in [-0.05, 0) is 52.8 Å². The minimum absolute atomic E-state index is 0.00685. The molecule has 0 radical (unpaired) electrons. The molecular weight excluding hydrogens is 560 g/mol. The third kappa shape index (κ3) is 6.71. The van der Waals surface area contributed by atoms with E-state index in [1.165, 1.54) is 0 Å². The van der Waals surface area contributed by atoms with Crippen molar-refractivity contribution < 1.29 is 19.7 Å². The fraction of sp³-hybridized carbons (Fsp3) is 0.333. The number of nitrogens with zero attached hydrogens (tertiary/aromatic N) is 1.